The van der Waals surface area contributed by atoms with Crippen molar-refractivity contribution in [2.45, 2.75) is 43.7 Å². The van der Waals surface area contributed by atoms with Crippen LogP contribution in [0.3, 0.4) is 0 Å². The monoisotopic (exact) mass is 546 g/mol. The van der Waals surface area contributed by atoms with Gasteiger partial charge in [0, 0.05) is 17.3 Å². The zero-order valence-corrected chi connectivity index (χ0v) is 22.3. The number of ether oxygens (including phenoxy) is 2. The van der Waals surface area contributed by atoms with Crippen LogP contribution < -0.4 is 10.0 Å². The average Bonchev–Trinajstić information content (AvgIpc) is 2.82. The third-order valence-electron chi connectivity index (χ3n) is 5.44. The number of methoxy groups -OCH3 is 1. The molecule has 3 aromatic rings. The van der Waals surface area contributed by atoms with E-state index in [2.05, 4.69) is 10.0 Å². The number of carbonyl (C=O) groups excluding carboxylic acids is 2. The Morgan fingerprint density at radius 1 is 0.895 bits per heavy atom. The van der Waals surface area contributed by atoms with E-state index in [1.807, 2.05) is 0 Å². The highest BCUT2D eigenvalue weighted by atomic mass is 32.2. The first-order chi connectivity index (χ1) is 17.6. The third-order valence-corrected chi connectivity index (χ3v) is 6.84. The van der Waals surface area contributed by atoms with E-state index in [0.717, 1.165) is 19.2 Å². The molecule has 0 aliphatic heterocycles. The van der Waals surface area contributed by atoms with Gasteiger partial charge in [-0.05, 0) is 75.2 Å². The van der Waals surface area contributed by atoms with E-state index in [4.69, 9.17) is 9.47 Å². The minimum atomic E-state index is -4.10. The second kappa shape index (κ2) is 10.8. The fraction of sp³-hybridized carbons (Fsp3) is 0.259. The highest BCUT2D eigenvalue weighted by molar-refractivity contribution is 7.92. The highest BCUT2D eigenvalue weighted by Crippen LogP contribution is 2.28. The van der Waals surface area contributed by atoms with Gasteiger partial charge in [0.15, 0.2) is 5.54 Å². The van der Waals surface area contributed by atoms with Gasteiger partial charge in [0.05, 0.1) is 12.0 Å². The Morgan fingerprint density at radius 2 is 1.55 bits per heavy atom. The molecule has 2 N–H and O–H groups in total. The van der Waals surface area contributed by atoms with Gasteiger partial charge in [-0.1, -0.05) is 24.3 Å². The molecule has 202 valence electrons. The predicted molar refractivity (Wildman–Crippen MR) is 138 cm³/mol. The summed E-state index contributed by atoms with van der Waals surface area (Å²) in [5.74, 6) is -2.29. The number of esters is 1. The molecule has 0 saturated carbocycles. The molecule has 8 nitrogen and oxygen atoms in total. The number of benzene rings is 3. The SMILES string of the molecule is COC(=O)C(C)(NC(=O)OC(C)(C)C)c1cccc(NS(=O)(=O)c2ccc(-c3ccc(F)cc3F)cc2)c1. The summed E-state index contributed by atoms with van der Waals surface area (Å²) in [6.07, 6.45) is -0.867. The van der Waals surface area contributed by atoms with Crippen molar-refractivity contribution in [1.82, 2.24) is 5.32 Å². The number of alkyl carbamates (subject to hydrolysis) is 1. The standard InChI is InChI=1S/C27H28F2N2O6S/c1-26(2,3)37-25(33)30-27(4,24(32)36-5)18-7-6-8-20(15-18)31-38(34,35)21-12-9-17(10-13-21)22-14-11-19(28)16-23(22)29/h6-16,31H,1-5H3,(H,30,33). The number of hydrogen-bond donors (Lipinski definition) is 2. The summed E-state index contributed by atoms with van der Waals surface area (Å²) >= 11 is 0. The van der Waals surface area contributed by atoms with E-state index < -0.39 is 44.9 Å². The van der Waals surface area contributed by atoms with Crippen LogP contribution in [0.5, 0.6) is 0 Å². The molecular weight excluding hydrogens is 518 g/mol. The van der Waals surface area contributed by atoms with Gasteiger partial charge in [-0.25, -0.2) is 26.8 Å². The van der Waals surface area contributed by atoms with Crippen LogP contribution in [0.15, 0.2) is 71.6 Å². The molecule has 0 aliphatic carbocycles. The molecule has 1 unspecified atom stereocenters. The number of sulfonamides is 1. The lowest BCUT2D eigenvalue weighted by atomic mass is 9.92. The molecule has 38 heavy (non-hydrogen) atoms. The molecule has 0 heterocycles. The molecule has 3 aromatic carbocycles. The van der Waals surface area contributed by atoms with Crippen molar-refractivity contribution in [3.05, 3.63) is 83.9 Å². The number of anilines is 1. The van der Waals surface area contributed by atoms with E-state index in [1.165, 1.54) is 61.5 Å². The summed E-state index contributed by atoms with van der Waals surface area (Å²) in [7, 11) is -2.94. The van der Waals surface area contributed by atoms with Crippen LogP contribution in [0, 0.1) is 11.6 Å². The summed E-state index contributed by atoms with van der Waals surface area (Å²) in [6, 6.07) is 14.4. The molecule has 1 amide bonds. The fourth-order valence-corrected chi connectivity index (χ4v) is 4.65. The summed E-state index contributed by atoms with van der Waals surface area (Å²) in [5.41, 5.74) is -1.69. The van der Waals surface area contributed by atoms with Crippen LogP contribution in [0.4, 0.5) is 19.3 Å². The number of nitrogens with one attached hydrogen (secondary N) is 2. The molecular formula is C27H28F2N2O6S. The molecule has 11 heteroatoms. The van der Waals surface area contributed by atoms with Crippen LogP contribution >= 0.6 is 0 Å². The van der Waals surface area contributed by atoms with Crippen LogP contribution in [0.2, 0.25) is 0 Å². The second-order valence-electron chi connectivity index (χ2n) is 9.58. The molecule has 0 aliphatic rings. The van der Waals surface area contributed by atoms with Crippen molar-refractivity contribution in [2.75, 3.05) is 11.8 Å². The fourth-order valence-electron chi connectivity index (χ4n) is 3.60. The van der Waals surface area contributed by atoms with Crippen LogP contribution in [0.25, 0.3) is 11.1 Å². The Balaban J connectivity index is 1.88. The smallest absolute Gasteiger partial charge is 0.408 e. The van der Waals surface area contributed by atoms with Crippen molar-refractivity contribution in [3.8, 4) is 11.1 Å². The first-order valence-corrected chi connectivity index (χ1v) is 12.9. The van der Waals surface area contributed by atoms with Crippen LogP contribution in [0.1, 0.15) is 33.3 Å². The second-order valence-corrected chi connectivity index (χ2v) is 11.3. The Hall–Kier alpha value is -3.99. The van der Waals surface area contributed by atoms with Crippen LogP contribution in [-0.4, -0.2) is 33.2 Å². The van der Waals surface area contributed by atoms with E-state index in [-0.39, 0.29) is 21.7 Å². The van der Waals surface area contributed by atoms with Gasteiger partial charge in [-0.3, -0.25) is 4.72 Å². The van der Waals surface area contributed by atoms with Gasteiger partial charge < -0.3 is 14.8 Å². The summed E-state index contributed by atoms with van der Waals surface area (Å²) in [5, 5.41) is 2.50. The van der Waals surface area contributed by atoms with Gasteiger partial charge in [0.2, 0.25) is 0 Å². The highest BCUT2D eigenvalue weighted by Gasteiger charge is 2.39. The summed E-state index contributed by atoms with van der Waals surface area (Å²) < 4.78 is 65.9. The minimum absolute atomic E-state index is 0.109. The molecule has 0 aromatic heterocycles. The maximum Gasteiger partial charge on any atom is 0.408 e. The molecule has 3 rings (SSSR count). The Morgan fingerprint density at radius 3 is 2.13 bits per heavy atom. The van der Waals surface area contributed by atoms with E-state index >= 15 is 0 Å². The molecule has 0 fully saturated rings. The summed E-state index contributed by atoms with van der Waals surface area (Å²) in [6.45, 7) is 6.41. The maximum absolute atomic E-state index is 14.1. The van der Waals surface area contributed by atoms with Gasteiger partial charge >= 0.3 is 12.1 Å². The topological polar surface area (TPSA) is 111 Å². The Labute approximate surface area is 220 Å². The van der Waals surface area contributed by atoms with Gasteiger partial charge in [0.25, 0.3) is 10.0 Å². The number of rotatable bonds is 7. The molecule has 0 spiro atoms. The minimum Gasteiger partial charge on any atom is -0.467 e. The molecule has 0 radical (unpaired) electrons. The first kappa shape index (κ1) is 28.6. The zero-order valence-electron chi connectivity index (χ0n) is 21.5. The summed E-state index contributed by atoms with van der Waals surface area (Å²) in [4.78, 5) is 25.0. The van der Waals surface area contributed by atoms with E-state index in [9.17, 15) is 26.8 Å². The number of carbonyl (C=O) groups is 2. The van der Waals surface area contributed by atoms with Crippen molar-refractivity contribution in [1.29, 1.82) is 0 Å². The molecule has 1 atom stereocenters. The Bertz CT molecular complexity index is 1450. The first-order valence-electron chi connectivity index (χ1n) is 11.4. The average molecular weight is 547 g/mol. The zero-order chi connectivity index (χ0) is 28.3. The van der Waals surface area contributed by atoms with Crippen molar-refractivity contribution in [2.24, 2.45) is 0 Å². The lowest BCUT2D eigenvalue weighted by Gasteiger charge is -2.30. The quantitative estimate of drug-likeness (QED) is 0.387. The number of halogens is 2. The number of hydrogen-bond acceptors (Lipinski definition) is 6. The van der Waals surface area contributed by atoms with Gasteiger partial charge in [0.1, 0.15) is 17.2 Å². The maximum atomic E-state index is 14.1. The largest absolute Gasteiger partial charge is 0.467 e. The van der Waals surface area contributed by atoms with E-state index in [1.54, 1.807) is 20.8 Å². The van der Waals surface area contributed by atoms with Crippen LogP contribution in [-0.2, 0) is 29.8 Å². The normalized spacial score (nSPS) is 13.2. The van der Waals surface area contributed by atoms with E-state index in [0.29, 0.717) is 5.56 Å². The van der Waals surface area contributed by atoms with Crippen molar-refractivity contribution < 1.29 is 36.3 Å². The Kier molecular flexibility index (Phi) is 8.11. The molecule has 0 saturated heterocycles. The van der Waals surface area contributed by atoms with Gasteiger partial charge in [-0.15, -0.1) is 0 Å². The number of amides is 1. The van der Waals surface area contributed by atoms with Gasteiger partial charge in [-0.2, -0.15) is 0 Å². The lowest BCUT2D eigenvalue weighted by molar-refractivity contribution is -0.148. The molecule has 0 bridgehead atoms. The third kappa shape index (κ3) is 6.65. The van der Waals surface area contributed by atoms with Crippen molar-refractivity contribution in [3.63, 3.8) is 0 Å². The predicted octanol–water partition coefficient (Wildman–Crippen LogP) is 5.35. The lowest BCUT2D eigenvalue weighted by Crippen LogP contribution is -2.51. The van der Waals surface area contributed by atoms with Crippen molar-refractivity contribution >= 4 is 27.8 Å².